The van der Waals surface area contributed by atoms with Crippen molar-refractivity contribution in [2.24, 2.45) is 11.8 Å². The predicted molar refractivity (Wildman–Crippen MR) is 74.2 cm³/mol. The molecule has 17 heavy (non-hydrogen) atoms. The summed E-state index contributed by atoms with van der Waals surface area (Å²) in [4.78, 5) is 2.49. The van der Waals surface area contributed by atoms with Crippen molar-refractivity contribution in [3.63, 3.8) is 0 Å². The van der Waals surface area contributed by atoms with Gasteiger partial charge in [-0.05, 0) is 58.0 Å². The van der Waals surface area contributed by atoms with Crippen molar-refractivity contribution in [1.29, 1.82) is 0 Å². The van der Waals surface area contributed by atoms with Crippen LogP contribution in [-0.2, 0) is 0 Å². The Balaban J connectivity index is 1.82. The van der Waals surface area contributed by atoms with Crippen LogP contribution in [0.25, 0.3) is 0 Å². The van der Waals surface area contributed by atoms with E-state index in [1.807, 2.05) is 0 Å². The highest BCUT2D eigenvalue weighted by molar-refractivity contribution is 4.90. The van der Waals surface area contributed by atoms with Gasteiger partial charge in [-0.15, -0.1) is 0 Å². The van der Waals surface area contributed by atoms with Crippen LogP contribution >= 0.6 is 0 Å². The van der Waals surface area contributed by atoms with Gasteiger partial charge in [0.25, 0.3) is 0 Å². The molecule has 0 aromatic rings. The van der Waals surface area contributed by atoms with Crippen LogP contribution in [0.3, 0.4) is 0 Å². The molecule has 100 valence electrons. The van der Waals surface area contributed by atoms with Crippen LogP contribution in [0, 0.1) is 11.8 Å². The van der Waals surface area contributed by atoms with E-state index in [4.69, 9.17) is 0 Å². The van der Waals surface area contributed by atoms with Crippen molar-refractivity contribution in [3.05, 3.63) is 0 Å². The second-order valence-corrected chi connectivity index (χ2v) is 6.43. The molecule has 1 aliphatic carbocycles. The third-order valence-corrected chi connectivity index (χ3v) is 5.41. The fourth-order valence-corrected chi connectivity index (χ4v) is 3.80. The predicted octanol–water partition coefficient (Wildman–Crippen LogP) is 2.88. The van der Waals surface area contributed by atoms with Crippen LogP contribution in [-0.4, -0.2) is 36.6 Å². The molecule has 2 heteroatoms. The first kappa shape index (κ1) is 13.4. The van der Waals surface area contributed by atoms with Gasteiger partial charge >= 0.3 is 0 Å². The summed E-state index contributed by atoms with van der Waals surface area (Å²) in [6.07, 6.45) is 6.87. The molecule has 1 N–H and O–H groups in total. The van der Waals surface area contributed by atoms with Gasteiger partial charge in [0.1, 0.15) is 0 Å². The summed E-state index contributed by atoms with van der Waals surface area (Å²) < 4.78 is 0. The average molecular weight is 238 g/mol. The van der Waals surface area contributed by atoms with Gasteiger partial charge in [-0.1, -0.05) is 20.3 Å². The highest BCUT2D eigenvalue weighted by Crippen LogP contribution is 2.34. The summed E-state index contributed by atoms with van der Waals surface area (Å²) in [5.74, 6) is 1.85. The molecule has 2 aliphatic rings. The van der Waals surface area contributed by atoms with E-state index in [-0.39, 0.29) is 0 Å². The SMILES string of the molecule is CCC1CCC(NC2CCN(C)C(C)C2)C1C. The number of hydrogen-bond acceptors (Lipinski definition) is 2. The van der Waals surface area contributed by atoms with Crippen molar-refractivity contribution in [3.8, 4) is 0 Å². The topological polar surface area (TPSA) is 15.3 Å². The van der Waals surface area contributed by atoms with Gasteiger partial charge in [-0.3, -0.25) is 0 Å². The maximum absolute atomic E-state index is 3.96. The summed E-state index contributed by atoms with van der Waals surface area (Å²) >= 11 is 0. The summed E-state index contributed by atoms with van der Waals surface area (Å²) in [5.41, 5.74) is 0. The summed E-state index contributed by atoms with van der Waals surface area (Å²) in [5, 5.41) is 3.96. The third kappa shape index (κ3) is 3.03. The van der Waals surface area contributed by atoms with Gasteiger partial charge in [0.15, 0.2) is 0 Å². The van der Waals surface area contributed by atoms with E-state index in [1.54, 1.807) is 0 Å². The lowest BCUT2D eigenvalue weighted by Crippen LogP contribution is -2.49. The van der Waals surface area contributed by atoms with E-state index in [1.165, 1.54) is 38.6 Å². The van der Waals surface area contributed by atoms with Gasteiger partial charge < -0.3 is 10.2 Å². The lowest BCUT2D eigenvalue weighted by atomic mass is 9.92. The largest absolute Gasteiger partial charge is 0.311 e. The fourth-order valence-electron chi connectivity index (χ4n) is 3.80. The van der Waals surface area contributed by atoms with E-state index in [9.17, 15) is 0 Å². The zero-order chi connectivity index (χ0) is 12.4. The van der Waals surface area contributed by atoms with E-state index >= 15 is 0 Å². The summed E-state index contributed by atoms with van der Waals surface area (Å²) in [6.45, 7) is 8.43. The van der Waals surface area contributed by atoms with Crippen LogP contribution in [0.1, 0.15) is 52.9 Å². The van der Waals surface area contributed by atoms with Crippen molar-refractivity contribution in [2.45, 2.75) is 71.0 Å². The van der Waals surface area contributed by atoms with Gasteiger partial charge in [0, 0.05) is 18.1 Å². The smallest absolute Gasteiger partial charge is 0.00980 e. The lowest BCUT2D eigenvalue weighted by Gasteiger charge is -2.37. The van der Waals surface area contributed by atoms with Crippen molar-refractivity contribution in [1.82, 2.24) is 10.2 Å². The Hall–Kier alpha value is -0.0800. The monoisotopic (exact) mass is 238 g/mol. The second kappa shape index (κ2) is 5.71. The molecule has 0 aromatic carbocycles. The first-order valence-corrected chi connectivity index (χ1v) is 7.58. The van der Waals surface area contributed by atoms with Gasteiger partial charge in [0.2, 0.25) is 0 Å². The van der Waals surface area contributed by atoms with E-state index in [0.29, 0.717) is 0 Å². The molecular weight excluding hydrogens is 208 g/mol. The Bertz CT molecular complexity index is 241. The minimum Gasteiger partial charge on any atom is -0.311 e. The number of likely N-dealkylation sites (tertiary alicyclic amines) is 1. The minimum absolute atomic E-state index is 0.750. The maximum atomic E-state index is 3.96. The molecule has 0 spiro atoms. The van der Waals surface area contributed by atoms with Crippen molar-refractivity contribution >= 4 is 0 Å². The van der Waals surface area contributed by atoms with Crippen LogP contribution in [0.5, 0.6) is 0 Å². The summed E-state index contributed by atoms with van der Waals surface area (Å²) in [7, 11) is 2.26. The van der Waals surface area contributed by atoms with Gasteiger partial charge in [-0.25, -0.2) is 0 Å². The number of piperidine rings is 1. The number of nitrogens with one attached hydrogen (secondary N) is 1. The van der Waals surface area contributed by atoms with Crippen LogP contribution < -0.4 is 5.32 Å². The van der Waals surface area contributed by atoms with Gasteiger partial charge in [-0.2, -0.15) is 0 Å². The molecule has 0 bridgehead atoms. The van der Waals surface area contributed by atoms with Gasteiger partial charge in [0.05, 0.1) is 0 Å². The quantitative estimate of drug-likeness (QED) is 0.813. The Morgan fingerprint density at radius 3 is 2.53 bits per heavy atom. The number of rotatable bonds is 3. The first-order valence-electron chi connectivity index (χ1n) is 7.58. The number of nitrogens with zero attached hydrogens (tertiary/aromatic N) is 1. The maximum Gasteiger partial charge on any atom is 0.00980 e. The van der Waals surface area contributed by atoms with Crippen LogP contribution in [0.15, 0.2) is 0 Å². The van der Waals surface area contributed by atoms with Crippen LogP contribution in [0.2, 0.25) is 0 Å². The highest BCUT2D eigenvalue weighted by atomic mass is 15.1. The fraction of sp³-hybridized carbons (Fsp3) is 1.00. The molecule has 1 aliphatic heterocycles. The lowest BCUT2D eigenvalue weighted by molar-refractivity contribution is 0.156. The molecule has 1 heterocycles. The Morgan fingerprint density at radius 1 is 1.18 bits per heavy atom. The molecule has 5 atom stereocenters. The normalized spacial score (nSPS) is 44.1. The zero-order valence-corrected chi connectivity index (χ0v) is 12.1. The molecule has 0 radical (unpaired) electrons. The number of hydrogen-bond donors (Lipinski definition) is 1. The molecule has 1 saturated heterocycles. The molecule has 1 saturated carbocycles. The third-order valence-electron chi connectivity index (χ3n) is 5.41. The van der Waals surface area contributed by atoms with E-state index < -0.39 is 0 Å². The van der Waals surface area contributed by atoms with E-state index in [0.717, 1.165) is 30.0 Å². The van der Waals surface area contributed by atoms with Crippen molar-refractivity contribution in [2.75, 3.05) is 13.6 Å². The average Bonchev–Trinajstić information content (AvgIpc) is 2.65. The Kier molecular flexibility index (Phi) is 4.48. The molecule has 5 unspecified atom stereocenters. The molecule has 2 nitrogen and oxygen atoms in total. The van der Waals surface area contributed by atoms with Crippen molar-refractivity contribution < 1.29 is 0 Å². The minimum atomic E-state index is 0.750. The molecule has 2 rings (SSSR count). The molecule has 0 aromatic heterocycles. The molecule has 2 fully saturated rings. The second-order valence-electron chi connectivity index (χ2n) is 6.43. The Morgan fingerprint density at radius 2 is 1.94 bits per heavy atom. The molecule has 0 amide bonds. The van der Waals surface area contributed by atoms with Crippen LogP contribution in [0.4, 0.5) is 0 Å². The summed E-state index contributed by atoms with van der Waals surface area (Å²) in [6, 6.07) is 2.31. The standard InChI is InChI=1S/C15H30N2/c1-5-13-6-7-15(12(13)3)16-14-8-9-17(4)11(2)10-14/h11-16H,5-10H2,1-4H3. The zero-order valence-electron chi connectivity index (χ0n) is 12.1. The highest BCUT2D eigenvalue weighted by Gasteiger charge is 2.33. The Labute approximate surface area is 107 Å². The molecular formula is C15H30N2. The first-order chi connectivity index (χ1) is 8.11. The van der Waals surface area contributed by atoms with E-state index in [2.05, 4.69) is 38.0 Å².